The van der Waals surface area contributed by atoms with E-state index >= 15 is 0 Å². The third-order valence-corrected chi connectivity index (χ3v) is 5.03. The molecule has 0 saturated heterocycles. The van der Waals surface area contributed by atoms with Crippen molar-refractivity contribution in [1.82, 2.24) is 9.97 Å². The van der Waals surface area contributed by atoms with Crippen LogP contribution in [0, 0.1) is 6.92 Å². The second-order valence-electron chi connectivity index (χ2n) is 7.53. The summed E-state index contributed by atoms with van der Waals surface area (Å²) in [6.45, 7) is 6.19. The summed E-state index contributed by atoms with van der Waals surface area (Å²) in [4.78, 5) is 21.2. The highest BCUT2D eigenvalue weighted by Crippen LogP contribution is 2.38. The summed E-state index contributed by atoms with van der Waals surface area (Å²) < 4.78 is 5.99. The van der Waals surface area contributed by atoms with Crippen molar-refractivity contribution in [2.24, 2.45) is 0 Å². The monoisotopic (exact) mass is 393 g/mol. The number of hydrogen-bond donors (Lipinski definition) is 1. The highest BCUT2D eigenvalue weighted by atomic mass is 35.5. The predicted octanol–water partition coefficient (Wildman–Crippen LogP) is 5.07. The Morgan fingerprint density at radius 1 is 1.18 bits per heavy atom. The van der Waals surface area contributed by atoms with Gasteiger partial charge in [-0.15, -0.1) is 0 Å². The van der Waals surface area contributed by atoms with E-state index in [1.165, 1.54) is 5.56 Å². The maximum Gasteiger partial charge on any atom is 0.258 e. The molecule has 1 aliphatic rings. The fourth-order valence-electron chi connectivity index (χ4n) is 3.39. The van der Waals surface area contributed by atoms with Crippen LogP contribution in [0.3, 0.4) is 0 Å². The Hall–Kier alpha value is -2.92. The van der Waals surface area contributed by atoms with E-state index in [0.29, 0.717) is 16.4 Å². The van der Waals surface area contributed by atoms with E-state index in [-0.39, 0.29) is 11.5 Å². The molecular formula is C22H20ClN3O2. The van der Waals surface area contributed by atoms with Gasteiger partial charge in [-0.2, -0.15) is 0 Å². The molecule has 1 aliphatic heterocycles. The summed E-state index contributed by atoms with van der Waals surface area (Å²) in [6.07, 6.45) is 4.07. The van der Waals surface area contributed by atoms with Gasteiger partial charge in [0.15, 0.2) is 5.82 Å². The molecular weight excluding hydrogens is 374 g/mol. The van der Waals surface area contributed by atoms with E-state index in [2.05, 4.69) is 35.2 Å². The van der Waals surface area contributed by atoms with E-state index < -0.39 is 0 Å². The summed E-state index contributed by atoms with van der Waals surface area (Å²) in [5, 5.41) is 3.12. The number of nitrogens with one attached hydrogen (secondary N) is 1. The maximum absolute atomic E-state index is 12.4. The van der Waals surface area contributed by atoms with Gasteiger partial charge >= 0.3 is 0 Å². The zero-order valence-corrected chi connectivity index (χ0v) is 16.7. The number of carbonyl (C=O) groups excluding carboxylic acids is 1. The first-order chi connectivity index (χ1) is 13.3. The molecule has 0 atom stereocenters. The van der Waals surface area contributed by atoms with Crippen LogP contribution in [0.5, 0.6) is 5.75 Å². The van der Waals surface area contributed by atoms with Gasteiger partial charge in [0.1, 0.15) is 11.4 Å². The minimum absolute atomic E-state index is 0.189. The Bertz CT molecular complexity index is 1060. The topological polar surface area (TPSA) is 64.1 Å². The minimum atomic E-state index is -0.319. The van der Waals surface area contributed by atoms with Crippen molar-refractivity contribution >= 4 is 23.3 Å². The van der Waals surface area contributed by atoms with E-state index in [0.717, 1.165) is 29.0 Å². The first kappa shape index (κ1) is 18.4. The van der Waals surface area contributed by atoms with Crippen molar-refractivity contribution in [3.05, 3.63) is 70.5 Å². The summed E-state index contributed by atoms with van der Waals surface area (Å²) in [6, 6.07) is 11.0. The first-order valence-electron chi connectivity index (χ1n) is 9.03. The molecule has 0 bridgehead atoms. The molecule has 0 fully saturated rings. The molecule has 6 heteroatoms. The second kappa shape index (κ2) is 6.91. The number of aryl methyl sites for hydroxylation is 1. The number of hydrogen-bond acceptors (Lipinski definition) is 4. The SMILES string of the molecule is Cc1cc2c(cc1-c1cnc(NC(=O)c3ccccc3Cl)cn1)CC(C)(C)O2. The zero-order chi connectivity index (χ0) is 19.9. The molecule has 5 nitrogen and oxygen atoms in total. The number of amides is 1. The first-order valence-corrected chi connectivity index (χ1v) is 9.41. The van der Waals surface area contributed by atoms with Crippen LogP contribution in [0.4, 0.5) is 5.82 Å². The van der Waals surface area contributed by atoms with E-state index in [1.807, 2.05) is 13.0 Å². The number of halogens is 1. The van der Waals surface area contributed by atoms with Crippen molar-refractivity contribution in [2.45, 2.75) is 32.8 Å². The lowest BCUT2D eigenvalue weighted by molar-refractivity contribution is 0.102. The van der Waals surface area contributed by atoms with Gasteiger partial charge in [-0.25, -0.2) is 4.98 Å². The molecule has 1 amide bonds. The van der Waals surface area contributed by atoms with Crippen LogP contribution < -0.4 is 10.1 Å². The van der Waals surface area contributed by atoms with E-state index in [1.54, 1.807) is 36.7 Å². The summed E-state index contributed by atoms with van der Waals surface area (Å²) in [5.74, 6) is 0.987. The smallest absolute Gasteiger partial charge is 0.258 e. The number of nitrogens with zero attached hydrogens (tertiary/aromatic N) is 2. The van der Waals surface area contributed by atoms with Gasteiger partial charge in [0.2, 0.25) is 0 Å². The van der Waals surface area contributed by atoms with Gasteiger partial charge in [-0.1, -0.05) is 23.7 Å². The minimum Gasteiger partial charge on any atom is -0.487 e. The highest BCUT2D eigenvalue weighted by molar-refractivity contribution is 6.34. The van der Waals surface area contributed by atoms with Crippen molar-refractivity contribution in [3.63, 3.8) is 0 Å². The van der Waals surface area contributed by atoms with Crippen LogP contribution in [-0.4, -0.2) is 21.5 Å². The van der Waals surface area contributed by atoms with Crippen molar-refractivity contribution in [1.29, 1.82) is 0 Å². The number of carbonyl (C=O) groups is 1. The van der Waals surface area contributed by atoms with Crippen LogP contribution >= 0.6 is 11.6 Å². The lowest BCUT2D eigenvalue weighted by atomic mass is 9.97. The molecule has 0 aliphatic carbocycles. The molecule has 3 aromatic rings. The molecule has 2 aromatic carbocycles. The predicted molar refractivity (Wildman–Crippen MR) is 110 cm³/mol. The van der Waals surface area contributed by atoms with Crippen LogP contribution in [0.2, 0.25) is 5.02 Å². The third-order valence-electron chi connectivity index (χ3n) is 4.70. The van der Waals surface area contributed by atoms with Crippen LogP contribution in [0.15, 0.2) is 48.8 Å². The van der Waals surface area contributed by atoms with Crippen molar-refractivity contribution in [3.8, 4) is 17.0 Å². The maximum atomic E-state index is 12.4. The lowest BCUT2D eigenvalue weighted by Gasteiger charge is -2.16. The molecule has 1 N–H and O–H groups in total. The fourth-order valence-corrected chi connectivity index (χ4v) is 3.61. The number of benzene rings is 2. The Morgan fingerprint density at radius 3 is 2.68 bits per heavy atom. The second-order valence-corrected chi connectivity index (χ2v) is 7.94. The van der Waals surface area contributed by atoms with Gasteiger partial charge in [-0.05, 0) is 56.2 Å². The quantitative estimate of drug-likeness (QED) is 0.674. The van der Waals surface area contributed by atoms with E-state index in [9.17, 15) is 4.79 Å². The Kier molecular flexibility index (Phi) is 4.55. The average molecular weight is 394 g/mol. The van der Waals surface area contributed by atoms with Crippen LogP contribution in [0.25, 0.3) is 11.3 Å². The molecule has 1 aromatic heterocycles. The van der Waals surface area contributed by atoms with E-state index in [4.69, 9.17) is 16.3 Å². The van der Waals surface area contributed by atoms with Crippen molar-refractivity contribution in [2.75, 3.05) is 5.32 Å². The van der Waals surface area contributed by atoms with Gasteiger partial charge < -0.3 is 10.1 Å². The highest BCUT2D eigenvalue weighted by Gasteiger charge is 2.30. The fraction of sp³-hybridized carbons (Fsp3) is 0.227. The molecule has 142 valence electrons. The molecule has 0 radical (unpaired) electrons. The lowest BCUT2D eigenvalue weighted by Crippen LogP contribution is -2.24. The van der Waals surface area contributed by atoms with Gasteiger partial charge in [0, 0.05) is 12.0 Å². The van der Waals surface area contributed by atoms with Crippen LogP contribution in [-0.2, 0) is 6.42 Å². The zero-order valence-electron chi connectivity index (χ0n) is 15.9. The summed E-state index contributed by atoms with van der Waals surface area (Å²) >= 11 is 6.07. The average Bonchev–Trinajstić information content (AvgIpc) is 2.95. The standard InChI is InChI=1S/C22H20ClN3O2/c1-13-8-19-14(10-22(2,3)28-19)9-16(13)18-11-25-20(12-24-18)26-21(27)15-6-4-5-7-17(15)23/h4-9,11-12H,10H2,1-3H3,(H,25,26,27). The van der Waals surface area contributed by atoms with Gasteiger partial charge in [-0.3, -0.25) is 9.78 Å². The molecule has 2 heterocycles. The number of anilines is 1. The molecule has 4 rings (SSSR count). The molecule has 0 spiro atoms. The molecule has 28 heavy (non-hydrogen) atoms. The Balaban J connectivity index is 1.56. The van der Waals surface area contributed by atoms with Gasteiger partial charge in [0.05, 0.1) is 28.7 Å². The van der Waals surface area contributed by atoms with Crippen molar-refractivity contribution < 1.29 is 9.53 Å². The Labute approximate surface area is 168 Å². The normalized spacial score (nSPS) is 14.3. The number of aromatic nitrogens is 2. The molecule has 0 unspecified atom stereocenters. The number of rotatable bonds is 3. The van der Waals surface area contributed by atoms with Crippen LogP contribution in [0.1, 0.15) is 35.3 Å². The number of fused-ring (bicyclic) bond motifs is 1. The number of ether oxygens (including phenoxy) is 1. The third kappa shape index (κ3) is 3.58. The Morgan fingerprint density at radius 2 is 1.96 bits per heavy atom. The molecule has 0 saturated carbocycles. The summed E-state index contributed by atoms with van der Waals surface area (Å²) in [7, 11) is 0. The largest absolute Gasteiger partial charge is 0.487 e. The summed E-state index contributed by atoms with van der Waals surface area (Å²) in [5.41, 5.74) is 4.21. The van der Waals surface area contributed by atoms with Gasteiger partial charge in [0.25, 0.3) is 5.91 Å².